The first-order chi connectivity index (χ1) is 15.4. The number of ether oxygens (including phenoxy) is 1. The first-order valence-corrected chi connectivity index (χ1v) is 10.8. The molecule has 0 unspecified atom stereocenters. The summed E-state index contributed by atoms with van der Waals surface area (Å²) in [5, 5.41) is 7.30. The maximum absolute atomic E-state index is 13.3. The zero-order chi connectivity index (χ0) is 26.6. The molecule has 0 heterocycles. The molecular weight excluding hydrogens is 541 g/mol. The number of likely N-dealkylation sites (N-methyl/N-ethyl adjacent to an activating group) is 1. The minimum Gasteiger partial charge on any atom is -0.389 e. The molecule has 1 rings (SSSR count). The number of amidine groups is 1. The van der Waals surface area contributed by atoms with Gasteiger partial charge in [-0.15, -0.1) is 0 Å². The van der Waals surface area contributed by atoms with E-state index in [-0.39, 0.29) is 11.5 Å². The predicted octanol–water partition coefficient (Wildman–Crippen LogP) is 4.17. The van der Waals surface area contributed by atoms with E-state index < -0.39 is 71.8 Å². The molecule has 0 aliphatic carbocycles. The average molecular weight is 555 g/mol. The number of nitriles is 1. The van der Waals surface area contributed by atoms with Gasteiger partial charge in [-0.2, -0.15) is 31.6 Å². The van der Waals surface area contributed by atoms with Gasteiger partial charge in [-0.05, 0) is 19.1 Å². The van der Waals surface area contributed by atoms with Gasteiger partial charge in [0.05, 0.1) is 15.6 Å². The number of sulfone groups is 1. The smallest absolute Gasteiger partial charge is 0.389 e. The van der Waals surface area contributed by atoms with Crippen LogP contribution in [0.1, 0.15) is 12.5 Å². The lowest BCUT2D eigenvalue weighted by molar-refractivity contribution is -0.137. The number of amides is 1. The standard InChI is InChI=1S/C17H14Cl2F6N4O4S/c1-3-33-7-12(30)29(2)15(14(11(27)6-26)34(31,32)17(23,24)25)28-13-9(18)4-8(5-10(13)19)16(20,21)22/h4-5H,3,7,27H2,1-2H3. The zero-order valence-corrected chi connectivity index (χ0v) is 19.4. The number of nitrogens with two attached hydrogens (primary N) is 1. The summed E-state index contributed by atoms with van der Waals surface area (Å²) in [4.78, 5) is 14.2. The minimum atomic E-state index is -6.42. The summed E-state index contributed by atoms with van der Waals surface area (Å²) in [7, 11) is -5.66. The summed E-state index contributed by atoms with van der Waals surface area (Å²) in [6.07, 6.45) is -4.92. The van der Waals surface area contributed by atoms with Crippen molar-refractivity contribution in [2.45, 2.75) is 18.6 Å². The molecule has 34 heavy (non-hydrogen) atoms. The van der Waals surface area contributed by atoms with Gasteiger partial charge >= 0.3 is 11.7 Å². The Morgan fingerprint density at radius 2 is 1.71 bits per heavy atom. The molecule has 0 saturated heterocycles. The maximum atomic E-state index is 13.3. The van der Waals surface area contributed by atoms with Gasteiger partial charge in [0.15, 0.2) is 10.7 Å². The number of allylic oxidation sites excluding steroid dienone is 1. The summed E-state index contributed by atoms with van der Waals surface area (Å²) >= 11 is 11.5. The Balaban J connectivity index is 4.05. The fourth-order valence-corrected chi connectivity index (χ4v) is 3.74. The van der Waals surface area contributed by atoms with Gasteiger partial charge in [-0.3, -0.25) is 9.69 Å². The van der Waals surface area contributed by atoms with Crippen molar-refractivity contribution in [3.63, 3.8) is 0 Å². The van der Waals surface area contributed by atoms with Gasteiger partial charge in [-0.25, -0.2) is 13.4 Å². The summed E-state index contributed by atoms with van der Waals surface area (Å²) in [6, 6.07) is 1.66. The number of benzene rings is 1. The van der Waals surface area contributed by atoms with Crippen LogP contribution < -0.4 is 5.73 Å². The second kappa shape index (κ2) is 10.8. The van der Waals surface area contributed by atoms with Crippen molar-refractivity contribution in [3.8, 4) is 6.07 Å². The highest BCUT2D eigenvalue weighted by Crippen LogP contribution is 2.41. The topological polar surface area (TPSA) is 126 Å². The van der Waals surface area contributed by atoms with Crippen molar-refractivity contribution in [1.82, 2.24) is 4.90 Å². The SMILES string of the molecule is CCOCC(=O)N(C)C(=Nc1c(Cl)cc(C(F)(F)F)cc1Cl)C(=C(N)C#N)S(=O)(=O)C(F)(F)F. The van der Waals surface area contributed by atoms with Crippen LogP contribution >= 0.6 is 23.2 Å². The van der Waals surface area contributed by atoms with Crippen molar-refractivity contribution < 1.29 is 44.3 Å². The van der Waals surface area contributed by atoms with Crippen LogP contribution in [0.2, 0.25) is 10.0 Å². The normalized spacial score (nSPS) is 13.9. The van der Waals surface area contributed by atoms with E-state index in [0.717, 1.165) is 13.1 Å². The van der Waals surface area contributed by atoms with Crippen LogP contribution in [0, 0.1) is 11.3 Å². The molecule has 0 atom stereocenters. The van der Waals surface area contributed by atoms with Crippen molar-refractivity contribution in [1.29, 1.82) is 5.26 Å². The van der Waals surface area contributed by atoms with Crippen LogP contribution in [0.4, 0.5) is 32.0 Å². The molecule has 0 fully saturated rings. The molecule has 1 amide bonds. The highest BCUT2D eigenvalue weighted by atomic mass is 35.5. The van der Waals surface area contributed by atoms with Crippen molar-refractivity contribution in [3.05, 3.63) is 38.3 Å². The predicted molar refractivity (Wildman–Crippen MR) is 110 cm³/mol. The van der Waals surface area contributed by atoms with Gasteiger partial charge in [0, 0.05) is 13.7 Å². The summed E-state index contributed by atoms with van der Waals surface area (Å²) in [5.41, 5.74) is -4.49. The minimum absolute atomic E-state index is 0.0213. The van der Waals surface area contributed by atoms with E-state index >= 15 is 0 Å². The Kier molecular flexibility index (Phi) is 9.37. The number of hydrogen-bond acceptors (Lipinski definition) is 7. The lowest BCUT2D eigenvalue weighted by Gasteiger charge is -2.23. The fourth-order valence-electron chi connectivity index (χ4n) is 2.18. The second-order valence-electron chi connectivity index (χ2n) is 6.12. The number of nitrogens with zero attached hydrogens (tertiary/aromatic N) is 3. The maximum Gasteiger partial charge on any atom is 0.502 e. The molecule has 188 valence electrons. The van der Waals surface area contributed by atoms with E-state index in [0.29, 0.717) is 12.1 Å². The van der Waals surface area contributed by atoms with Crippen molar-refractivity contribution in [2.24, 2.45) is 10.7 Å². The summed E-state index contributed by atoms with van der Waals surface area (Å²) < 4.78 is 108. The third kappa shape index (κ3) is 6.53. The zero-order valence-electron chi connectivity index (χ0n) is 17.1. The van der Waals surface area contributed by atoms with E-state index in [4.69, 9.17) is 38.9 Å². The highest BCUT2D eigenvalue weighted by molar-refractivity contribution is 7.97. The number of halogens is 8. The van der Waals surface area contributed by atoms with Crippen LogP contribution in [0.15, 0.2) is 27.7 Å². The molecule has 0 aliphatic heterocycles. The monoisotopic (exact) mass is 554 g/mol. The fraction of sp³-hybridized carbons (Fsp3) is 0.353. The number of aliphatic imine (C=N–C) groups is 1. The van der Waals surface area contributed by atoms with Gasteiger partial charge < -0.3 is 10.5 Å². The Morgan fingerprint density at radius 3 is 2.09 bits per heavy atom. The van der Waals surface area contributed by atoms with Crippen LogP contribution in [-0.2, 0) is 25.5 Å². The second-order valence-corrected chi connectivity index (χ2v) is 8.81. The Labute approximate surface area is 199 Å². The van der Waals surface area contributed by atoms with Gasteiger partial charge in [0.2, 0.25) is 0 Å². The van der Waals surface area contributed by atoms with E-state index in [1.807, 2.05) is 0 Å². The Hall–Kier alpha value is -2.54. The van der Waals surface area contributed by atoms with Gasteiger partial charge in [0.25, 0.3) is 15.7 Å². The van der Waals surface area contributed by atoms with Crippen molar-refractivity contribution >= 4 is 50.5 Å². The third-order valence-electron chi connectivity index (χ3n) is 3.83. The van der Waals surface area contributed by atoms with E-state index in [1.54, 1.807) is 0 Å². The molecule has 2 N–H and O–H groups in total. The van der Waals surface area contributed by atoms with Gasteiger partial charge in [0.1, 0.15) is 24.1 Å². The molecule has 0 bridgehead atoms. The lowest BCUT2D eigenvalue weighted by Crippen LogP contribution is -2.42. The quantitative estimate of drug-likeness (QED) is 0.243. The Bertz CT molecular complexity index is 1150. The number of carbonyl (C=O) groups excluding carboxylic acids is 1. The number of alkyl halides is 6. The molecule has 17 heteroatoms. The summed E-state index contributed by atoms with van der Waals surface area (Å²) in [5.74, 6) is -2.54. The van der Waals surface area contributed by atoms with Crippen LogP contribution in [0.5, 0.6) is 0 Å². The third-order valence-corrected chi connectivity index (χ3v) is 5.95. The number of rotatable bonds is 6. The molecule has 0 spiro atoms. The first kappa shape index (κ1) is 29.5. The van der Waals surface area contributed by atoms with Crippen LogP contribution in [0.25, 0.3) is 0 Å². The molecule has 0 aliphatic rings. The molecule has 1 aromatic rings. The largest absolute Gasteiger partial charge is 0.502 e. The van der Waals surface area contributed by atoms with Crippen molar-refractivity contribution in [2.75, 3.05) is 20.3 Å². The first-order valence-electron chi connectivity index (χ1n) is 8.60. The van der Waals surface area contributed by atoms with Gasteiger partial charge in [-0.1, -0.05) is 23.2 Å². The van der Waals surface area contributed by atoms with E-state index in [9.17, 15) is 39.6 Å². The molecule has 0 aromatic heterocycles. The van der Waals surface area contributed by atoms with Crippen LogP contribution in [-0.4, -0.2) is 50.8 Å². The van der Waals surface area contributed by atoms with E-state index in [2.05, 4.69) is 4.99 Å². The lowest BCUT2D eigenvalue weighted by atomic mass is 10.2. The van der Waals surface area contributed by atoms with Crippen LogP contribution in [0.3, 0.4) is 0 Å². The number of carbonyl (C=O) groups is 1. The molecule has 0 saturated carbocycles. The average Bonchev–Trinajstić information content (AvgIpc) is 2.70. The highest BCUT2D eigenvalue weighted by Gasteiger charge is 2.52. The molecule has 0 radical (unpaired) electrons. The van der Waals surface area contributed by atoms with E-state index in [1.165, 1.54) is 6.92 Å². The molecular formula is C17H14Cl2F6N4O4S. The molecule has 1 aromatic carbocycles. The number of hydrogen-bond donors (Lipinski definition) is 1. The summed E-state index contributed by atoms with van der Waals surface area (Å²) in [6.45, 7) is 0.677. The molecule has 8 nitrogen and oxygen atoms in total. The Morgan fingerprint density at radius 1 is 1.21 bits per heavy atom.